The van der Waals surface area contributed by atoms with E-state index >= 15 is 0 Å². The van der Waals surface area contributed by atoms with Crippen LogP contribution in [0.2, 0.25) is 0 Å². The van der Waals surface area contributed by atoms with E-state index in [1.807, 2.05) is 37.3 Å². The summed E-state index contributed by atoms with van der Waals surface area (Å²) in [5.74, 6) is 0. The van der Waals surface area contributed by atoms with Crippen molar-refractivity contribution in [2.75, 3.05) is 0 Å². The van der Waals surface area contributed by atoms with Gasteiger partial charge in [0.05, 0.1) is 6.10 Å². The minimum atomic E-state index is -0.391. The maximum atomic E-state index is 9.30. The third kappa shape index (κ3) is 7.03. The van der Waals surface area contributed by atoms with Crippen LogP contribution in [0.5, 0.6) is 0 Å². The molecule has 1 atom stereocenters. The van der Waals surface area contributed by atoms with Gasteiger partial charge in [0.2, 0.25) is 0 Å². The molecule has 1 heteroatoms. The normalized spacial score (nSPS) is 14.8. The molecular formula is C11H16O. The van der Waals surface area contributed by atoms with Crippen molar-refractivity contribution in [3.63, 3.8) is 0 Å². The van der Waals surface area contributed by atoms with Gasteiger partial charge in [0.15, 0.2) is 0 Å². The molecule has 0 aromatic carbocycles. The SMILES string of the molecule is C=C/C=C/CC(O)/C=C/C=C/C. The van der Waals surface area contributed by atoms with Gasteiger partial charge < -0.3 is 5.11 Å². The van der Waals surface area contributed by atoms with Gasteiger partial charge in [-0.25, -0.2) is 0 Å². The first-order valence-electron chi connectivity index (χ1n) is 4.06. The van der Waals surface area contributed by atoms with Crippen molar-refractivity contribution in [1.82, 2.24) is 0 Å². The third-order valence-electron chi connectivity index (χ3n) is 1.29. The molecule has 0 aromatic rings. The van der Waals surface area contributed by atoms with E-state index in [4.69, 9.17) is 0 Å². The third-order valence-corrected chi connectivity index (χ3v) is 1.29. The average Bonchev–Trinajstić information content (AvgIpc) is 2.06. The lowest BCUT2D eigenvalue weighted by Crippen LogP contribution is -1.98. The van der Waals surface area contributed by atoms with E-state index in [0.717, 1.165) is 0 Å². The molecule has 0 rings (SSSR count). The Balaban J connectivity index is 3.65. The fourth-order valence-corrected chi connectivity index (χ4v) is 0.696. The van der Waals surface area contributed by atoms with E-state index in [1.54, 1.807) is 12.2 Å². The van der Waals surface area contributed by atoms with Crippen LogP contribution in [0, 0.1) is 0 Å². The highest BCUT2D eigenvalue weighted by Crippen LogP contribution is 1.95. The van der Waals surface area contributed by atoms with Gasteiger partial charge in [0, 0.05) is 0 Å². The summed E-state index contributed by atoms with van der Waals surface area (Å²) in [6.07, 6.45) is 13.1. The van der Waals surface area contributed by atoms with Crippen LogP contribution in [0.15, 0.2) is 49.1 Å². The van der Waals surface area contributed by atoms with Crippen molar-refractivity contribution in [3.05, 3.63) is 49.1 Å². The van der Waals surface area contributed by atoms with Gasteiger partial charge in [0.25, 0.3) is 0 Å². The van der Waals surface area contributed by atoms with E-state index in [1.165, 1.54) is 0 Å². The second-order valence-electron chi connectivity index (χ2n) is 2.38. The molecule has 0 heterocycles. The molecule has 0 aliphatic carbocycles. The Kier molecular flexibility index (Phi) is 7.30. The number of aliphatic hydroxyl groups is 1. The smallest absolute Gasteiger partial charge is 0.0758 e. The summed E-state index contributed by atoms with van der Waals surface area (Å²) in [5.41, 5.74) is 0. The van der Waals surface area contributed by atoms with Gasteiger partial charge in [-0.05, 0) is 13.3 Å². The molecule has 0 aromatic heterocycles. The number of aliphatic hydroxyl groups excluding tert-OH is 1. The van der Waals surface area contributed by atoms with Gasteiger partial charge in [-0.3, -0.25) is 0 Å². The van der Waals surface area contributed by atoms with Gasteiger partial charge in [-0.2, -0.15) is 0 Å². The average molecular weight is 164 g/mol. The Morgan fingerprint density at radius 2 is 2.08 bits per heavy atom. The molecule has 0 saturated heterocycles. The van der Waals surface area contributed by atoms with Gasteiger partial charge in [-0.15, -0.1) is 0 Å². The van der Waals surface area contributed by atoms with Crippen LogP contribution >= 0.6 is 0 Å². The second-order valence-corrected chi connectivity index (χ2v) is 2.38. The Morgan fingerprint density at radius 1 is 1.33 bits per heavy atom. The summed E-state index contributed by atoms with van der Waals surface area (Å²) >= 11 is 0. The molecule has 0 fully saturated rings. The highest BCUT2D eigenvalue weighted by Gasteiger charge is 1.91. The summed E-state index contributed by atoms with van der Waals surface area (Å²) < 4.78 is 0. The van der Waals surface area contributed by atoms with Crippen LogP contribution in [0.3, 0.4) is 0 Å². The van der Waals surface area contributed by atoms with E-state index in [0.29, 0.717) is 6.42 Å². The minimum absolute atomic E-state index is 0.391. The zero-order valence-electron chi connectivity index (χ0n) is 7.48. The van der Waals surface area contributed by atoms with Crippen molar-refractivity contribution in [3.8, 4) is 0 Å². The zero-order chi connectivity index (χ0) is 9.23. The lowest BCUT2D eigenvalue weighted by atomic mass is 10.2. The summed E-state index contributed by atoms with van der Waals surface area (Å²) in [5, 5.41) is 9.30. The van der Waals surface area contributed by atoms with E-state index < -0.39 is 6.10 Å². The highest BCUT2D eigenvalue weighted by molar-refractivity contribution is 5.06. The molecule has 0 aliphatic rings. The number of allylic oxidation sites excluding steroid dienone is 5. The van der Waals surface area contributed by atoms with E-state index in [2.05, 4.69) is 6.58 Å². The summed E-state index contributed by atoms with van der Waals surface area (Å²) in [4.78, 5) is 0. The quantitative estimate of drug-likeness (QED) is 0.619. The number of rotatable bonds is 5. The predicted octanol–water partition coefficient (Wildman–Crippen LogP) is 2.61. The largest absolute Gasteiger partial charge is 0.389 e. The van der Waals surface area contributed by atoms with Crippen LogP contribution in [0.1, 0.15) is 13.3 Å². The van der Waals surface area contributed by atoms with E-state index in [-0.39, 0.29) is 0 Å². The minimum Gasteiger partial charge on any atom is -0.389 e. The van der Waals surface area contributed by atoms with Crippen molar-refractivity contribution in [2.24, 2.45) is 0 Å². The molecule has 0 saturated carbocycles. The lowest BCUT2D eigenvalue weighted by Gasteiger charge is -1.97. The Bertz CT molecular complexity index is 187. The van der Waals surface area contributed by atoms with Crippen LogP contribution < -0.4 is 0 Å². The van der Waals surface area contributed by atoms with Crippen LogP contribution in [0.25, 0.3) is 0 Å². The standard InChI is InChI=1S/C11H16O/c1-3-5-7-9-11(12)10-8-6-4-2/h3-8,10-12H,1,9H2,2H3/b6-4+,7-5+,10-8+. The lowest BCUT2D eigenvalue weighted by molar-refractivity contribution is 0.227. The first-order chi connectivity index (χ1) is 5.81. The summed E-state index contributed by atoms with van der Waals surface area (Å²) in [7, 11) is 0. The maximum absolute atomic E-state index is 9.30. The van der Waals surface area contributed by atoms with Crippen molar-refractivity contribution in [1.29, 1.82) is 0 Å². The fourth-order valence-electron chi connectivity index (χ4n) is 0.696. The molecule has 0 amide bonds. The molecule has 1 N–H and O–H groups in total. The molecule has 0 bridgehead atoms. The Labute approximate surface area is 74.4 Å². The number of hydrogen-bond acceptors (Lipinski definition) is 1. The monoisotopic (exact) mass is 164 g/mol. The molecule has 1 unspecified atom stereocenters. The highest BCUT2D eigenvalue weighted by atomic mass is 16.3. The predicted molar refractivity (Wildman–Crippen MR) is 53.9 cm³/mol. The van der Waals surface area contributed by atoms with Gasteiger partial charge >= 0.3 is 0 Å². The number of hydrogen-bond donors (Lipinski definition) is 1. The molecular weight excluding hydrogens is 148 g/mol. The summed E-state index contributed by atoms with van der Waals surface area (Å²) in [6.45, 7) is 5.47. The molecule has 66 valence electrons. The van der Waals surface area contributed by atoms with Crippen molar-refractivity contribution < 1.29 is 5.11 Å². The zero-order valence-corrected chi connectivity index (χ0v) is 7.48. The van der Waals surface area contributed by atoms with Crippen molar-refractivity contribution in [2.45, 2.75) is 19.4 Å². The van der Waals surface area contributed by atoms with Crippen LogP contribution in [0.4, 0.5) is 0 Å². The topological polar surface area (TPSA) is 20.2 Å². The Morgan fingerprint density at radius 3 is 2.67 bits per heavy atom. The Hall–Kier alpha value is -1.08. The molecule has 1 nitrogen and oxygen atoms in total. The molecule has 0 aliphatic heterocycles. The molecule has 0 radical (unpaired) electrons. The molecule has 12 heavy (non-hydrogen) atoms. The van der Waals surface area contributed by atoms with Crippen LogP contribution in [-0.2, 0) is 0 Å². The maximum Gasteiger partial charge on any atom is 0.0758 e. The summed E-state index contributed by atoms with van der Waals surface area (Å²) in [6, 6.07) is 0. The van der Waals surface area contributed by atoms with E-state index in [9.17, 15) is 5.11 Å². The fraction of sp³-hybridized carbons (Fsp3) is 0.273. The van der Waals surface area contributed by atoms with Crippen LogP contribution in [-0.4, -0.2) is 11.2 Å². The first kappa shape index (κ1) is 10.9. The van der Waals surface area contributed by atoms with Gasteiger partial charge in [0.1, 0.15) is 0 Å². The second kappa shape index (κ2) is 8.02. The molecule has 0 spiro atoms. The van der Waals surface area contributed by atoms with Gasteiger partial charge in [-0.1, -0.05) is 49.1 Å². The first-order valence-corrected chi connectivity index (χ1v) is 4.06. The van der Waals surface area contributed by atoms with Crippen molar-refractivity contribution >= 4 is 0 Å².